The van der Waals surface area contributed by atoms with Crippen molar-refractivity contribution in [2.75, 3.05) is 13.7 Å². The van der Waals surface area contributed by atoms with E-state index >= 15 is 0 Å². The van der Waals surface area contributed by atoms with Crippen LogP contribution in [0, 0.1) is 5.41 Å². The third-order valence-electron chi connectivity index (χ3n) is 4.64. The summed E-state index contributed by atoms with van der Waals surface area (Å²) in [6.07, 6.45) is 6.01. The maximum atomic E-state index is 11.9. The minimum absolute atomic E-state index is 0.0665. The molecule has 2 aliphatic carbocycles. The van der Waals surface area contributed by atoms with Gasteiger partial charge in [-0.3, -0.25) is 4.79 Å². The van der Waals surface area contributed by atoms with Crippen LogP contribution in [0.15, 0.2) is 0 Å². The number of ether oxygens (including phenoxy) is 1. The normalized spacial score (nSPS) is 27.6. The van der Waals surface area contributed by atoms with E-state index < -0.39 is 5.97 Å². The van der Waals surface area contributed by atoms with Crippen LogP contribution in [0.5, 0.6) is 0 Å². The fraction of sp³-hybridized carbons (Fsp3) is 0.857. The Morgan fingerprint density at radius 3 is 2.60 bits per heavy atom. The van der Waals surface area contributed by atoms with Crippen molar-refractivity contribution >= 4 is 12.0 Å². The van der Waals surface area contributed by atoms with Crippen LogP contribution < -0.4 is 10.6 Å². The van der Waals surface area contributed by atoms with Crippen molar-refractivity contribution in [1.82, 2.24) is 10.6 Å². The van der Waals surface area contributed by atoms with Crippen LogP contribution in [-0.4, -0.2) is 42.9 Å². The number of amides is 2. The zero-order valence-corrected chi connectivity index (χ0v) is 12.0. The molecule has 2 aliphatic rings. The van der Waals surface area contributed by atoms with Gasteiger partial charge in [-0.25, -0.2) is 4.79 Å². The quantitative estimate of drug-likeness (QED) is 0.689. The van der Waals surface area contributed by atoms with Crippen LogP contribution in [0.1, 0.15) is 44.9 Å². The van der Waals surface area contributed by atoms with E-state index in [4.69, 9.17) is 9.84 Å². The molecule has 20 heavy (non-hydrogen) atoms. The molecule has 0 spiro atoms. The van der Waals surface area contributed by atoms with Gasteiger partial charge in [-0.2, -0.15) is 0 Å². The van der Waals surface area contributed by atoms with Crippen molar-refractivity contribution in [1.29, 1.82) is 0 Å². The Bertz CT molecular complexity index is 368. The van der Waals surface area contributed by atoms with Crippen molar-refractivity contribution in [3.8, 4) is 0 Å². The molecule has 114 valence electrons. The van der Waals surface area contributed by atoms with E-state index in [1.54, 1.807) is 7.11 Å². The zero-order valence-electron chi connectivity index (χ0n) is 12.0. The van der Waals surface area contributed by atoms with Crippen LogP contribution in [-0.2, 0) is 9.53 Å². The highest BCUT2D eigenvalue weighted by Gasteiger charge is 2.39. The van der Waals surface area contributed by atoms with Crippen molar-refractivity contribution in [2.45, 2.75) is 57.1 Å². The molecule has 0 heterocycles. The number of rotatable bonds is 6. The SMILES string of the molecule is COC1CCCC1NC(=O)NCC1(CC(=O)O)CCC1. The van der Waals surface area contributed by atoms with Crippen molar-refractivity contribution in [3.63, 3.8) is 0 Å². The average molecular weight is 284 g/mol. The number of carbonyl (C=O) groups excluding carboxylic acids is 1. The summed E-state index contributed by atoms with van der Waals surface area (Å²) < 4.78 is 5.33. The third-order valence-corrected chi connectivity index (χ3v) is 4.64. The Labute approximate surface area is 119 Å². The summed E-state index contributed by atoms with van der Waals surface area (Å²) >= 11 is 0. The van der Waals surface area contributed by atoms with Gasteiger partial charge in [0.05, 0.1) is 18.6 Å². The van der Waals surface area contributed by atoms with Crippen molar-refractivity contribution < 1.29 is 19.4 Å². The largest absolute Gasteiger partial charge is 0.481 e. The lowest BCUT2D eigenvalue weighted by atomic mass is 9.66. The molecule has 2 rings (SSSR count). The number of nitrogens with one attached hydrogen (secondary N) is 2. The number of carboxylic acids is 1. The van der Waals surface area contributed by atoms with E-state index in [0.29, 0.717) is 6.54 Å². The molecule has 3 N–H and O–H groups in total. The van der Waals surface area contributed by atoms with Gasteiger partial charge in [0.25, 0.3) is 0 Å². The van der Waals surface area contributed by atoms with Crippen LogP contribution in [0.3, 0.4) is 0 Å². The molecule has 2 amide bonds. The van der Waals surface area contributed by atoms with E-state index in [1.165, 1.54) is 0 Å². The molecule has 6 nitrogen and oxygen atoms in total. The van der Waals surface area contributed by atoms with Gasteiger partial charge in [0.1, 0.15) is 0 Å². The highest BCUT2D eigenvalue weighted by molar-refractivity contribution is 5.74. The number of hydrogen-bond acceptors (Lipinski definition) is 3. The molecule has 2 atom stereocenters. The first-order valence-electron chi connectivity index (χ1n) is 7.34. The average Bonchev–Trinajstić information content (AvgIpc) is 2.79. The first-order valence-corrected chi connectivity index (χ1v) is 7.34. The van der Waals surface area contributed by atoms with E-state index in [0.717, 1.165) is 38.5 Å². The Morgan fingerprint density at radius 2 is 2.05 bits per heavy atom. The molecule has 0 aromatic rings. The minimum Gasteiger partial charge on any atom is -0.481 e. The highest BCUT2D eigenvalue weighted by atomic mass is 16.5. The van der Waals surface area contributed by atoms with Crippen LogP contribution in [0.25, 0.3) is 0 Å². The molecule has 0 bridgehead atoms. The lowest BCUT2D eigenvalue weighted by molar-refractivity contribution is -0.141. The second-order valence-electron chi connectivity index (χ2n) is 6.06. The Balaban J connectivity index is 1.75. The van der Waals surface area contributed by atoms with E-state index in [9.17, 15) is 9.59 Å². The second-order valence-corrected chi connectivity index (χ2v) is 6.06. The summed E-state index contributed by atoms with van der Waals surface area (Å²) in [5.74, 6) is -0.790. The summed E-state index contributed by atoms with van der Waals surface area (Å²) in [6, 6.07) is -0.146. The lowest BCUT2D eigenvalue weighted by Crippen LogP contribution is -2.50. The Hall–Kier alpha value is -1.30. The molecule has 2 saturated carbocycles. The maximum absolute atomic E-state index is 11.9. The number of methoxy groups -OCH3 is 1. The van der Waals surface area contributed by atoms with E-state index in [-0.39, 0.29) is 30.0 Å². The van der Waals surface area contributed by atoms with Gasteiger partial charge in [-0.05, 0) is 37.5 Å². The van der Waals surface area contributed by atoms with E-state index in [2.05, 4.69) is 10.6 Å². The third kappa shape index (κ3) is 3.62. The fourth-order valence-corrected chi connectivity index (χ4v) is 3.27. The van der Waals surface area contributed by atoms with Crippen molar-refractivity contribution in [2.24, 2.45) is 5.41 Å². The molecular weight excluding hydrogens is 260 g/mol. The topological polar surface area (TPSA) is 87.7 Å². The number of aliphatic carboxylic acids is 1. The van der Waals surface area contributed by atoms with Gasteiger partial charge in [-0.15, -0.1) is 0 Å². The number of urea groups is 1. The van der Waals surface area contributed by atoms with Gasteiger partial charge in [-0.1, -0.05) is 6.42 Å². The molecule has 2 fully saturated rings. The zero-order chi connectivity index (χ0) is 14.6. The van der Waals surface area contributed by atoms with Gasteiger partial charge >= 0.3 is 12.0 Å². The first-order chi connectivity index (χ1) is 9.54. The Kier molecular flexibility index (Phi) is 4.86. The molecule has 0 aliphatic heterocycles. The highest BCUT2D eigenvalue weighted by Crippen LogP contribution is 2.43. The molecule has 2 unspecified atom stereocenters. The molecule has 0 aromatic carbocycles. The number of carboxylic acid groups (broad SMARTS) is 1. The number of carbonyl (C=O) groups is 2. The van der Waals surface area contributed by atoms with Crippen molar-refractivity contribution in [3.05, 3.63) is 0 Å². The summed E-state index contributed by atoms with van der Waals surface area (Å²) in [6.45, 7) is 0.440. The standard InChI is InChI=1S/C14H24N2O4/c1-20-11-5-2-4-10(11)16-13(19)15-9-14(6-3-7-14)8-12(17)18/h10-11H,2-9H2,1H3,(H,17,18)(H2,15,16,19). The molecule has 6 heteroatoms. The Morgan fingerprint density at radius 1 is 1.30 bits per heavy atom. The minimum atomic E-state index is -0.790. The monoisotopic (exact) mass is 284 g/mol. The predicted octanol–water partition coefficient (Wildman–Crippen LogP) is 1.50. The number of hydrogen-bond donors (Lipinski definition) is 3. The summed E-state index contributed by atoms with van der Waals surface area (Å²) in [7, 11) is 1.67. The second kappa shape index (κ2) is 6.43. The van der Waals surface area contributed by atoms with Gasteiger partial charge in [0.2, 0.25) is 0 Å². The molecule has 0 aromatic heterocycles. The summed E-state index contributed by atoms with van der Waals surface area (Å²) in [5.41, 5.74) is -0.237. The first kappa shape index (κ1) is 15.1. The fourth-order valence-electron chi connectivity index (χ4n) is 3.27. The lowest BCUT2D eigenvalue weighted by Gasteiger charge is -2.40. The van der Waals surface area contributed by atoms with Gasteiger partial charge in [0, 0.05) is 13.7 Å². The van der Waals surface area contributed by atoms with Gasteiger partial charge < -0.3 is 20.5 Å². The summed E-state index contributed by atoms with van der Waals surface area (Å²) in [4.78, 5) is 22.8. The smallest absolute Gasteiger partial charge is 0.315 e. The van der Waals surface area contributed by atoms with Crippen LogP contribution in [0.4, 0.5) is 4.79 Å². The summed E-state index contributed by atoms with van der Waals surface area (Å²) in [5, 5.41) is 14.7. The molecular formula is C14H24N2O4. The molecule has 0 saturated heterocycles. The predicted molar refractivity (Wildman–Crippen MR) is 73.5 cm³/mol. The molecule has 0 radical (unpaired) electrons. The maximum Gasteiger partial charge on any atom is 0.315 e. The van der Waals surface area contributed by atoms with Gasteiger partial charge in [0.15, 0.2) is 0 Å². The van der Waals surface area contributed by atoms with E-state index in [1.807, 2.05) is 0 Å². The van der Waals surface area contributed by atoms with Crippen LogP contribution in [0.2, 0.25) is 0 Å². The van der Waals surface area contributed by atoms with Crippen LogP contribution >= 0.6 is 0 Å².